The van der Waals surface area contributed by atoms with Crippen LogP contribution in [0.4, 0.5) is 5.69 Å². The summed E-state index contributed by atoms with van der Waals surface area (Å²) >= 11 is 5.01. The molecule has 3 heterocycles. The lowest BCUT2D eigenvalue weighted by Gasteiger charge is -2.05. The summed E-state index contributed by atoms with van der Waals surface area (Å²) in [6.07, 6.45) is 6.53. The van der Waals surface area contributed by atoms with Gasteiger partial charge in [0.2, 0.25) is 5.91 Å². The zero-order valence-electron chi connectivity index (χ0n) is 14.7. The number of carbonyl (C=O) groups excluding carboxylic acids is 1. The second kappa shape index (κ2) is 8.33. The first-order chi connectivity index (χ1) is 13.2. The molecule has 0 aliphatic carbocycles. The van der Waals surface area contributed by atoms with E-state index in [-0.39, 0.29) is 5.91 Å². The zero-order valence-corrected chi connectivity index (χ0v) is 17.2. The van der Waals surface area contributed by atoms with Gasteiger partial charge in [-0.05, 0) is 36.6 Å². The topological polar surface area (TPSA) is 59.3 Å². The fourth-order valence-corrected chi connectivity index (χ4v) is 5.04. The van der Waals surface area contributed by atoms with Gasteiger partial charge >= 0.3 is 0 Å². The molecule has 0 fully saturated rings. The van der Waals surface area contributed by atoms with Gasteiger partial charge in [0.25, 0.3) is 0 Å². The molecule has 1 amide bonds. The van der Waals surface area contributed by atoms with Crippen molar-refractivity contribution in [2.45, 2.75) is 16.5 Å². The quantitative estimate of drug-likeness (QED) is 0.343. The van der Waals surface area contributed by atoms with Gasteiger partial charge in [0, 0.05) is 36.0 Å². The molecule has 1 N–H and O–H groups in total. The number of amides is 1. The maximum Gasteiger partial charge on any atom is 0.225 e. The first kappa shape index (κ1) is 18.3. The Morgan fingerprint density at radius 2 is 2.19 bits per heavy atom. The predicted octanol–water partition coefficient (Wildman–Crippen LogP) is 4.93. The van der Waals surface area contributed by atoms with Gasteiger partial charge in [-0.1, -0.05) is 17.8 Å². The Bertz CT molecular complexity index is 1060. The summed E-state index contributed by atoms with van der Waals surface area (Å²) < 4.78 is 4.15. The summed E-state index contributed by atoms with van der Waals surface area (Å²) in [7, 11) is 0. The number of thioether (sulfide) groups is 2. The van der Waals surface area contributed by atoms with Crippen molar-refractivity contribution in [3.8, 4) is 0 Å². The summed E-state index contributed by atoms with van der Waals surface area (Å²) in [6, 6.07) is 11.8. The largest absolute Gasteiger partial charge is 0.326 e. The Labute approximate surface area is 169 Å². The maximum absolute atomic E-state index is 12.2. The second-order valence-electron chi connectivity index (χ2n) is 5.92. The average molecular weight is 415 g/mol. The number of benzene rings is 1. The van der Waals surface area contributed by atoms with E-state index in [4.69, 9.17) is 0 Å². The molecule has 27 heavy (non-hydrogen) atoms. The predicted molar refractivity (Wildman–Crippen MR) is 116 cm³/mol. The van der Waals surface area contributed by atoms with Gasteiger partial charge in [-0.2, -0.15) is 11.8 Å². The second-order valence-corrected chi connectivity index (χ2v) is 9.10. The molecule has 138 valence electrons. The van der Waals surface area contributed by atoms with Crippen LogP contribution >= 0.6 is 34.9 Å². The summed E-state index contributed by atoms with van der Waals surface area (Å²) in [5.74, 6) is 1.60. The summed E-state index contributed by atoms with van der Waals surface area (Å²) in [5.41, 5.74) is 3.79. The minimum absolute atomic E-state index is 0.0338. The Kier molecular flexibility index (Phi) is 5.66. The van der Waals surface area contributed by atoms with Crippen molar-refractivity contribution in [1.29, 1.82) is 0 Å². The molecular formula is C19H18N4OS3. The van der Waals surface area contributed by atoms with Crippen LogP contribution in [-0.2, 0) is 10.5 Å². The molecule has 5 nitrogen and oxygen atoms in total. The minimum atomic E-state index is 0.0338. The number of nitrogens with zero attached hydrogens (tertiary/aromatic N) is 3. The standard InChI is InChI=1S/C19H18N4OS3/c1-25-19-22-15-6-5-13(10-16(15)27-19)21-18(24)7-9-26-12-14-11-23-8-3-2-4-17(23)20-14/h2-6,8,10-11H,7,9,12H2,1H3,(H,21,24). The first-order valence-electron chi connectivity index (χ1n) is 8.46. The number of hydrogen-bond donors (Lipinski definition) is 1. The highest BCUT2D eigenvalue weighted by Gasteiger charge is 2.07. The van der Waals surface area contributed by atoms with Crippen molar-refractivity contribution in [2.75, 3.05) is 17.3 Å². The molecule has 0 spiro atoms. The summed E-state index contributed by atoms with van der Waals surface area (Å²) in [4.78, 5) is 21.3. The van der Waals surface area contributed by atoms with E-state index in [1.165, 1.54) is 0 Å². The Morgan fingerprint density at radius 3 is 3.04 bits per heavy atom. The van der Waals surface area contributed by atoms with E-state index >= 15 is 0 Å². The molecular weight excluding hydrogens is 396 g/mol. The van der Waals surface area contributed by atoms with Gasteiger partial charge in [-0.25, -0.2) is 9.97 Å². The molecule has 3 aromatic heterocycles. The van der Waals surface area contributed by atoms with E-state index in [1.54, 1.807) is 34.9 Å². The summed E-state index contributed by atoms with van der Waals surface area (Å²) in [5, 5.41) is 2.98. The van der Waals surface area contributed by atoms with E-state index in [9.17, 15) is 4.79 Å². The Balaban J connectivity index is 1.26. The van der Waals surface area contributed by atoms with Crippen LogP contribution in [0.15, 0.2) is 53.1 Å². The van der Waals surface area contributed by atoms with Crippen molar-refractivity contribution in [3.05, 3.63) is 54.5 Å². The SMILES string of the molecule is CSc1nc2ccc(NC(=O)CCSCc3cn4ccccc4n3)cc2s1. The lowest BCUT2D eigenvalue weighted by molar-refractivity contribution is -0.115. The highest BCUT2D eigenvalue weighted by molar-refractivity contribution is 8.00. The molecule has 0 atom stereocenters. The number of thiazole rings is 1. The maximum atomic E-state index is 12.2. The van der Waals surface area contributed by atoms with E-state index in [0.29, 0.717) is 6.42 Å². The van der Waals surface area contributed by atoms with Crippen LogP contribution in [0.1, 0.15) is 12.1 Å². The van der Waals surface area contributed by atoms with Crippen molar-refractivity contribution < 1.29 is 4.79 Å². The lowest BCUT2D eigenvalue weighted by Crippen LogP contribution is -2.12. The van der Waals surface area contributed by atoms with Gasteiger partial charge < -0.3 is 9.72 Å². The molecule has 0 saturated carbocycles. The molecule has 4 rings (SSSR count). The number of pyridine rings is 1. The highest BCUT2D eigenvalue weighted by Crippen LogP contribution is 2.30. The number of aromatic nitrogens is 3. The van der Waals surface area contributed by atoms with Gasteiger partial charge in [-0.15, -0.1) is 11.3 Å². The fourth-order valence-electron chi connectivity index (χ4n) is 2.69. The minimum Gasteiger partial charge on any atom is -0.326 e. The zero-order chi connectivity index (χ0) is 18.6. The first-order valence-corrected chi connectivity index (χ1v) is 11.7. The number of imidazole rings is 1. The van der Waals surface area contributed by atoms with Crippen LogP contribution in [0.5, 0.6) is 0 Å². The number of carbonyl (C=O) groups is 1. The normalized spacial score (nSPS) is 11.3. The molecule has 0 radical (unpaired) electrons. The molecule has 0 aliphatic rings. The third-order valence-corrected chi connectivity index (χ3v) is 6.96. The highest BCUT2D eigenvalue weighted by atomic mass is 32.2. The van der Waals surface area contributed by atoms with Crippen LogP contribution in [0.3, 0.4) is 0 Å². The smallest absolute Gasteiger partial charge is 0.225 e. The van der Waals surface area contributed by atoms with Crippen LogP contribution in [0.25, 0.3) is 15.9 Å². The third kappa shape index (κ3) is 4.45. The van der Waals surface area contributed by atoms with E-state index in [1.807, 2.05) is 59.4 Å². The van der Waals surface area contributed by atoms with E-state index < -0.39 is 0 Å². The van der Waals surface area contributed by atoms with Crippen molar-refractivity contribution in [1.82, 2.24) is 14.4 Å². The molecule has 0 aliphatic heterocycles. The Hall–Kier alpha value is -2.03. The van der Waals surface area contributed by atoms with Crippen molar-refractivity contribution in [2.24, 2.45) is 0 Å². The van der Waals surface area contributed by atoms with Crippen LogP contribution in [-0.4, -0.2) is 32.3 Å². The van der Waals surface area contributed by atoms with Crippen LogP contribution in [0, 0.1) is 0 Å². The lowest BCUT2D eigenvalue weighted by atomic mass is 10.3. The summed E-state index contributed by atoms with van der Waals surface area (Å²) in [6.45, 7) is 0. The van der Waals surface area contributed by atoms with E-state index in [2.05, 4.69) is 15.3 Å². The van der Waals surface area contributed by atoms with Gasteiger partial charge in [0.05, 0.1) is 15.9 Å². The van der Waals surface area contributed by atoms with Crippen LogP contribution < -0.4 is 5.32 Å². The molecule has 1 aromatic carbocycles. The fraction of sp³-hybridized carbons (Fsp3) is 0.211. The molecule has 4 aromatic rings. The van der Waals surface area contributed by atoms with Crippen molar-refractivity contribution >= 4 is 62.3 Å². The molecule has 0 saturated heterocycles. The third-order valence-electron chi connectivity index (χ3n) is 3.96. The number of rotatable bonds is 7. The number of hydrogen-bond acceptors (Lipinski definition) is 6. The van der Waals surface area contributed by atoms with Crippen LogP contribution in [0.2, 0.25) is 0 Å². The molecule has 8 heteroatoms. The number of nitrogens with one attached hydrogen (secondary N) is 1. The number of anilines is 1. The monoisotopic (exact) mass is 414 g/mol. The molecule has 0 bridgehead atoms. The van der Waals surface area contributed by atoms with E-state index in [0.717, 1.165) is 43.1 Å². The average Bonchev–Trinajstić information content (AvgIpc) is 3.28. The Morgan fingerprint density at radius 1 is 1.26 bits per heavy atom. The van der Waals surface area contributed by atoms with Gasteiger partial charge in [0.15, 0.2) is 4.34 Å². The molecule has 0 unspecified atom stereocenters. The number of fused-ring (bicyclic) bond motifs is 2. The van der Waals surface area contributed by atoms with Gasteiger partial charge in [-0.3, -0.25) is 4.79 Å². The van der Waals surface area contributed by atoms with Gasteiger partial charge in [0.1, 0.15) is 5.65 Å². The van der Waals surface area contributed by atoms with Crippen molar-refractivity contribution in [3.63, 3.8) is 0 Å².